The lowest BCUT2D eigenvalue weighted by Crippen LogP contribution is -2.33. The number of aromatic nitrogens is 4. The highest BCUT2D eigenvalue weighted by molar-refractivity contribution is 5.77. The number of aryl methyl sites for hydroxylation is 2. The number of carbonyl (C=O) groups excluding carboxylic acids is 1. The summed E-state index contributed by atoms with van der Waals surface area (Å²) < 4.78 is 7.28. The lowest BCUT2D eigenvalue weighted by Gasteiger charge is -2.20. The molecule has 8 heteroatoms. The van der Waals surface area contributed by atoms with Gasteiger partial charge in [-0.3, -0.25) is 4.79 Å². The van der Waals surface area contributed by atoms with E-state index in [2.05, 4.69) is 15.5 Å². The van der Waals surface area contributed by atoms with Crippen LogP contribution in [-0.2, 0) is 17.9 Å². The normalized spacial score (nSPS) is 13.5. The second kappa shape index (κ2) is 7.67. The average Bonchev–Trinajstić information content (AvgIpc) is 3.11. The van der Waals surface area contributed by atoms with Crippen LogP contribution in [0.3, 0.4) is 0 Å². The van der Waals surface area contributed by atoms with Crippen LogP contribution in [0.5, 0.6) is 11.5 Å². The number of rotatable bonds is 4. The van der Waals surface area contributed by atoms with Crippen LogP contribution in [0, 0.1) is 6.92 Å². The van der Waals surface area contributed by atoms with Gasteiger partial charge in [0.2, 0.25) is 5.91 Å². The molecule has 8 nitrogen and oxygen atoms in total. The van der Waals surface area contributed by atoms with Gasteiger partial charge in [-0.15, -0.1) is 5.10 Å². The molecule has 0 unspecified atom stereocenters. The molecule has 144 valence electrons. The van der Waals surface area contributed by atoms with E-state index in [-0.39, 0.29) is 11.7 Å². The van der Waals surface area contributed by atoms with Gasteiger partial charge in [-0.05, 0) is 46.2 Å². The molecule has 2 heterocycles. The van der Waals surface area contributed by atoms with Crippen LogP contribution >= 0.6 is 0 Å². The molecule has 3 aromatic rings. The molecular weight excluding hydrogens is 358 g/mol. The van der Waals surface area contributed by atoms with Crippen molar-refractivity contribution >= 4 is 5.91 Å². The number of nitrogens with zero attached hydrogens (tertiary/aromatic N) is 5. The molecule has 28 heavy (non-hydrogen) atoms. The predicted octanol–water partition coefficient (Wildman–Crippen LogP) is 2.17. The molecule has 0 aliphatic carbocycles. The van der Waals surface area contributed by atoms with Crippen molar-refractivity contribution in [1.29, 1.82) is 0 Å². The Kier molecular flexibility index (Phi) is 4.92. The molecule has 1 N–H and O–H groups in total. The van der Waals surface area contributed by atoms with Gasteiger partial charge in [0.15, 0.2) is 11.5 Å². The topological polar surface area (TPSA) is 93.4 Å². The molecule has 0 saturated heterocycles. The van der Waals surface area contributed by atoms with Crippen LogP contribution in [0.15, 0.2) is 42.7 Å². The number of carbonyl (C=O) groups is 1. The first-order valence-electron chi connectivity index (χ1n) is 9.15. The van der Waals surface area contributed by atoms with Crippen LogP contribution in [0.4, 0.5) is 0 Å². The molecule has 4 rings (SSSR count). The third kappa shape index (κ3) is 3.66. The Morgan fingerprint density at radius 1 is 1.29 bits per heavy atom. The van der Waals surface area contributed by atoms with E-state index < -0.39 is 0 Å². The molecule has 1 amide bonds. The SMILES string of the molecule is Cc1ccccc1-c1cc(O)c2c(c1)CN(C(=O)CCn1cnnn1)CCO2. The minimum atomic E-state index is -0.00673. The zero-order chi connectivity index (χ0) is 19.5. The first-order chi connectivity index (χ1) is 13.6. The number of amides is 1. The third-order valence-corrected chi connectivity index (χ3v) is 4.87. The van der Waals surface area contributed by atoms with Crippen LogP contribution in [0.25, 0.3) is 11.1 Å². The summed E-state index contributed by atoms with van der Waals surface area (Å²) in [4.78, 5) is 14.4. The average molecular weight is 379 g/mol. The van der Waals surface area contributed by atoms with E-state index in [0.29, 0.717) is 38.4 Å². The number of phenols is 1. The highest BCUT2D eigenvalue weighted by Gasteiger charge is 2.23. The van der Waals surface area contributed by atoms with Crippen LogP contribution < -0.4 is 4.74 Å². The van der Waals surface area contributed by atoms with E-state index in [9.17, 15) is 9.90 Å². The molecule has 1 aliphatic heterocycles. The number of tetrazole rings is 1. The standard InChI is InChI=1S/C20H21N5O3/c1-14-4-2-3-5-17(14)15-10-16-12-24(8-9-28-20(16)18(26)11-15)19(27)6-7-25-13-21-22-23-25/h2-5,10-11,13,26H,6-9,12H2,1H3. The number of benzene rings is 2. The Balaban J connectivity index is 1.58. The van der Waals surface area contributed by atoms with Gasteiger partial charge in [0.05, 0.1) is 13.1 Å². The van der Waals surface area contributed by atoms with Gasteiger partial charge < -0.3 is 14.7 Å². The quantitative estimate of drug-likeness (QED) is 0.747. The molecule has 0 radical (unpaired) electrons. The van der Waals surface area contributed by atoms with Crippen molar-refractivity contribution in [3.05, 3.63) is 53.9 Å². The smallest absolute Gasteiger partial charge is 0.224 e. The summed E-state index contributed by atoms with van der Waals surface area (Å²) in [6, 6.07) is 11.7. The molecule has 0 spiro atoms. The number of aromatic hydroxyl groups is 1. The highest BCUT2D eigenvalue weighted by Crippen LogP contribution is 2.38. The summed E-state index contributed by atoms with van der Waals surface area (Å²) >= 11 is 0. The first-order valence-corrected chi connectivity index (χ1v) is 9.15. The van der Waals surface area contributed by atoms with Crippen molar-refractivity contribution in [3.8, 4) is 22.6 Å². The van der Waals surface area contributed by atoms with Crippen LogP contribution in [0.2, 0.25) is 0 Å². The Hall–Kier alpha value is -3.42. The number of phenolic OH excluding ortho intramolecular Hbond substituents is 1. The molecule has 1 aromatic heterocycles. The number of fused-ring (bicyclic) bond motifs is 1. The Labute approximate surface area is 162 Å². The number of hydrogen-bond acceptors (Lipinski definition) is 6. The zero-order valence-corrected chi connectivity index (χ0v) is 15.6. The lowest BCUT2D eigenvalue weighted by molar-refractivity contribution is -0.132. The van der Waals surface area contributed by atoms with E-state index in [1.54, 1.807) is 11.0 Å². The van der Waals surface area contributed by atoms with Crippen LogP contribution in [-0.4, -0.2) is 49.3 Å². The Morgan fingerprint density at radius 2 is 2.14 bits per heavy atom. The summed E-state index contributed by atoms with van der Waals surface area (Å²) in [5, 5.41) is 21.4. The fourth-order valence-corrected chi connectivity index (χ4v) is 3.42. The summed E-state index contributed by atoms with van der Waals surface area (Å²) in [6.07, 6.45) is 1.78. The molecule has 1 aliphatic rings. The molecular formula is C20H21N5O3. The molecule has 0 fully saturated rings. The Bertz CT molecular complexity index is 988. The molecule has 0 bridgehead atoms. The minimum absolute atomic E-state index is 0.00673. The second-order valence-electron chi connectivity index (χ2n) is 6.79. The minimum Gasteiger partial charge on any atom is -0.504 e. The molecule has 2 aromatic carbocycles. The van der Waals surface area contributed by atoms with E-state index >= 15 is 0 Å². The van der Waals surface area contributed by atoms with Gasteiger partial charge in [0, 0.05) is 18.5 Å². The summed E-state index contributed by atoms with van der Waals surface area (Å²) in [7, 11) is 0. The number of hydrogen-bond donors (Lipinski definition) is 1. The highest BCUT2D eigenvalue weighted by atomic mass is 16.5. The van der Waals surface area contributed by atoms with E-state index in [4.69, 9.17) is 4.74 Å². The fraction of sp³-hybridized carbons (Fsp3) is 0.300. The number of ether oxygens (including phenoxy) is 1. The Morgan fingerprint density at radius 3 is 2.93 bits per heavy atom. The zero-order valence-electron chi connectivity index (χ0n) is 15.6. The van der Waals surface area contributed by atoms with Crippen molar-refractivity contribution in [3.63, 3.8) is 0 Å². The van der Waals surface area contributed by atoms with Gasteiger partial charge in [-0.25, -0.2) is 4.68 Å². The second-order valence-corrected chi connectivity index (χ2v) is 6.79. The summed E-state index contributed by atoms with van der Waals surface area (Å²) in [5.74, 6) is 0.541. The molecule has 0 atom stereocenters. The van der Waals surface area contributed by atoms with Crippen molar-refractivity contribution in [2.45, 2.75) is 26.4 Å². The maximum atomic E-state index is 12.7. The van der Waals surface area contributed by atoms with Crippen molar-refractivity contribution < 1.29 is 14.6 Å². The fourth-order valence-electron chi connectivity index (χ4n) is 3.42. The first kappa shape index (κ1) is 18.0. The molecule has 0 saturated carbocycles. The van der Waals surface area contributed by atoms with E-state index in [0.717, 1.165) is 22.3 Å². The monoisotopic (exact) mass is 379 g/mol. The maximum Gasteiger partial charge on any atom is 0.224 e. The lowest BCUT2D eigenvalue weighted by atomic mass is 9.98. The van der Waals surface area contributed by atoms with Gasteiger partial charge >= 0.3 is 0 Å². The van der Waals surface area contributed by atoms with Gasteiger partial charge in [0.25, 0.3) is 0 Å². The summed E-state index contributed by atoms with van der Waals surface area (Å²) in [5.41, 5.74) is 3.86. The van der Waals surface area contributed by atoms with Gasteiger partial charge in [-0.1, -0.05) is 24.3 Å². The van der Waals surface area contributed by atoms with Gasteiger partial charge in [0.1, 0.15) is 12.9 Å². The largest absolute Gasteiger partial charge is 0.504 e. The van der Waals surface area contributed by atoms with Gasteiger partial charge in [-0.2, -0.15) is 0 Å². The third-order valence-electron chi connectivity index (χ3n) is 4.87. The van der Waals surface area contributed by atoms with Crippen molar-refractivity contribution in [2.75, 3.05) is 13.2 Å². The van der Waals surface area contributed by atoms with E-state index in [1.165, 1.54) is 11.0 Å². The maximum absolute atomic E-state index is 12.7. The van der Waals surface area contributed by atoms with Crippen molar-refractivity contribution in [1.82, 2.24) is 25.1 Å². The van der Waals surface area contributed by atoms with E-state index in [1.807, 2.05) is 37.3 Å². The van der Waals surface area contributed by atoms with Crippen molar-refractivity contribution in [2.24, 2.45) is 0 Å². The van der Waals surface area contributed by atoms with Crippen LogP contribution in [0.1, 0.15) is 17.5 Å². The summed E-state index contributed by atoms with van der Waals surface area (Å²) in [6.45, 7) is 3.63. The predicted molar refractivity (Wildman–Crippen MR) is 102 cm³/mol.